The monoisotopic (exact) mass is 362 g/mol. The molecule has 0 fully saturated rings. The van der Waals surface area contributed by atoms with Crippen molar-refractivity contribution in [1.29, 1.82) is 0 Å². The van der Waals surface area contributed by atoms with Gasteiger partial charge in [0.2, 0.25) is 11.7 Å². The normalized spacial score (nSPS) is 11.0. The Kier molecular flexibility index (Phi) is 4.50. The fourth-order valence-corrected chi connectivity index (χ4v) is 3.03. The van der Waals surface area contributed by atoms with E-state index in [1.807, 2.05) is 54.6 Å². The van der Waals surface area contributed by atoms with Gasteiger partial charge >= 0.3 is 0 Å². The lowest BCUT2D eigenvalue weighted by Crippen LogP contribution is -2.02. The molecule has 26 heavy (non-hydrogen) atoms. The first-order chi connectivity index (χ1) is 12.7. The third kappa shape index (κ3) is 3.24. The molecule has 0 atom stereocenters. The minimum absolute atomic E-state index is 0.0155. The molecule has 0 amide bonds. The van der Waals surface area contributed by atoms with Crippen molar-refractivity contribution in [1.82, 2.24) is 10.2 Å². The number of aromatic nitrogens is 2. The Morgan fingerprint density at radius 3 is 2.46 bits per heavy atom. The lowest BCUT2D eigenvalue weighted by Gasteiger charge is -2.00. The summed E-state index contributed by atoms with van der Waals surface area (Å²) in [5, 5.41) is 10.2. The summed E-state index contributed by atoms with van der Waals surface area (Å²) in [6.45, 7) is 0. The van der Waals surface area contributed by atoms with Gasteiger partial charge in [0.05, 0.1) is 0 Å². The molecule has 3 aromatic carbocycles. The Labute approximate surface area is 155 Å². The average molecular weight is 363 g/mol. The van der Waals surface area contributed by atoms with Gasteiger partial charge in [-0.1, -0.05) is 54.6 Å². The Hall–Kier alpha value is -2.98. The molecule has 5 heteroatoms. The second kappa shape index (κ2) is 7.10. The van der Waals surface area contributed by atoms with Gasteiger partial charge in [-0.3, -0.25) is 4.79 Å². The van der Waals surface area contributed by atoms with Crippen LogP contribution in [0, 0.1) is 0 Å². The van der Waals surface area contributed by atoms with Crippen LogP contribution in [0.2, 0.25) is 0 Å². The van der Waals surface area contributed by atoms with E-state index in [0.717, 1.165) is 28.3 Å². The smallest absolute Gasteiger partial charge is 0.289 e. The van der Waals surface area contributed by atoms with Crippen LogP contribution < -0.4 is 0 Å². The molecule has 0 aliphatic heterocycles. The zero-order chi connectivity index (χ0) is 17.9. The minimum atomic E-state index is -0.290. The minimum Gasteiger partial charge on any atom is -0.413 e. The van der Waals surface area contributed by atoms with Crippen LogP contribution in [0.15, 0.2) is 71.1 Å². The summed E-state index contributed by atoms with van der Waals surface area (Å²) in [5.74, 6) is 0.574. The Balaban J connectivity index is 1.61. The van der Waals surface area contributed by atoms with Crippen LogP contribution in [0.4, 0.5) is 0 Å². The second-order valence-corrected chi connectivity index (χ2v) is 6.32. The van der Waals surface area contributed by atoms with Crippen LogP contribution in [0.3, 0.4) is 0 Å². The van der Waals surface area contributed by atoms with Crippen molar-refractivity contribution in [3.63, 3.8) is 0 Å². The number of fused-ring (bicyclic) bond motifs is 1. The highest BCUT2D eigenvalue weighted by Crippen LogP contribution is 2.24. The molecule has 4 rings (SSSR count). The standard InChI is InChI=1S/C21H15ClN2O2/c22-12-11-14-5-7-16(8-6-14)19(25)21-24-23-20(26-21)18-10-9-15-3-1-2-4-17(15)13-18/h1-10,13H,11-12H2. The molecular weight excluding hydrogens is 348 g/mol. The molecule has 0 spiro atoms. The van der Waals surface area contributed by atoms with E-state index < -0.39 is 0 Å². The number of alkyl halides is 1. The summed E-state index contributed by atoms with van der Waals surface area (Å²) in [5.41, 5.74) is 2.38. The Morgan fingerprint density at radius 2 is 1.69 bits per heavy atom. The van der Waals surface area contributed by atoms with Crippen molar-refractivity contribution < 1.29 is 9.21 Å². The first kappa shape index (κ1) is 16.5. The molecule has 1 aromatic heterocycles. The van der Waals surface area contributed by atoms with Crippen LogP contribution in [0.1, 0.15) is 21.8 Å². The number of carbonyl (C=O) groups excluding carboxylic acids is 1. The quantitative estimate of drug-likeness (QED) is 0.374. The van der Waals surface area contributed by atoms with Crippen molar-refractivity contribution in [2.75, 3.05) is 5.88 Å². The number of carbonyl (C=O) groups is 1. The highest BCUT2D eigenvalue weighted by molar-refractivity contribution is 6.18. The number of rotatable bonds is 5. The molecular formula is C21H15ClN2O2. The lowest BCUT2D eigenvalue weighted by molar-refractivity contribution is 0.100. The second-order valence-electron chi connectivity index (χ2n) is 5.94. The summed E-state index contributed by atoms with van der Waals surface area (Å²) in [6, 6.07) is 21.2. The van der Waals surface area contributed by atoms with Gasteiger partial charge in [-0.25, -0.2) is 0 Å². The lowest BCUT2D eigenvalue weighted by atomic mass is 10.1. The van der Waals surface area contributed by atoms with E-state index in [-0.39, 0.29) is 11.7 Å². The maximum absolute atomic E-state index is 12.6. The SMILES string of the molecule is O=C(c1ccc(CCCl)cc1)c1nnc(-c2ccc3ccccc3c2)o1. The topological polar surface area (TPSA) is 56.0 Å². The van der Waals surface area contributed by atoms with Gasteiger partial charge in [0.15, 0.2) is 0 Å². The van der Waals surface area contributed by atoms with E-state index in [9.17, 15) is 4.79 Å². The van der Waals surface area contributed by atoms with Crippen molar-refractivity contribution in [3.8, 4) is 11.5 Å². The number of hydrogen-bond acceptors (Lipinski definition) is 4. The van der Waals surface area contributed by atoms with Gasteiger partial charge in [-0.15, -0.1) is 21.8 Å². The molecule has 128 valence electrons. The van der Waals surface area contributed by atoms with Crippen LogP contribution in [0.5, 0.6) is 0 Å². The Bertz CT molecular complexity index is 1070. The van der Waals surface area contributed by atoms with E-state index in [1.165, 1.54) is 0 Å². The molecule has 0 saturated heterocycles. The zero-order valence-corrected chi connectivity index (χ0v) is 14.6. The van der Waals surface area contributed by atoms with Gasteiger partial charge in [-0.05, 0) is 34.9 Å². The highest BCUT2D eigenvalue weighted by atomic mass is 35.5. The Morgan fingerprint density at radius 1 is 0.923 bits per heavy atom. The van der Waals surface area contributed by atoms with Crippen LogP contribution in [-0.4, -0.2) is 21.9 Å². The number of nitrogens with zero attached hydrogens (tertiary/aromatic N) is 2. The van der Waals surface area contributed by atoms with E-state index in [4.69, 9.17) is 16.0 Å². The zero-order valence-electron chi connectivity index (χ0n) is 13.9. The summed E-state index contributed by atoms with van der Waals surface area (Å²) in [7, 11) is 0. The summed E-state index contributed by atoms with van der Waals surface area (Å²) in [6.07, 6.45) is 0.767. The van der Waals surface area contributed by atoms with Gasteiger partial charge in [-0.2, -0.15) is 0 Å². The maximum Gasteiger partial charge on any atom is 0.289 e. The van der Waals surface area contributed by atoms with Crippen molar-refractivity contribution in [3.05, 3.63) is 83.7 Å². The molecule has 0 aliphatic carbocycles. The molecule has 0 bridgehead atoms. The third-order valence-electron chi connectivity index (χ3n) is 4.21. The fourth-order valence-electron chi connectivity index (χ4n) is 2.81. The van der Waals surface area contributed by atoms with Crippen LogP contribution >= 0.6 is 11.6 Å². The molecule has 1 heterocycles. The van der Waals surface area contributed by atoms with Crippen LogP contribution in [0.25, 0.3) is 22.2 Å². The predicted octanol–water partition coefficient (Wildman–Crippen LogP) is 4.90. The van der Waals surface area contributed by atoms with Crippen molar-refractivity contribution in [2.45, 2.75) is 6.42 Å². The first-order valence-electron chi connectivity index (χ1n) is 8.27. The van der Waals surface area contributed by atoms with E-state index in [0.29, 0.717) is 17.3 Å². The van der Waals surface area contributed by atoms with Gasteiger partial charge in [0.25, 0.3) is 5.89 Å². The number of benzene rings is 3. The molecule has 0 aliphatic rings. The van der Waals surface area contributed by atoms with Gasteiger partial charge < -0.3 is 4.42 Å². The van der Waals surface area contributed by atoms with E-state index in [1.54, 1.807) is 12.1 Å². The number of aryl methyl sites for hydroxylation is 1. The number of halogens is 1. The molecule has 0 radical (unpaired) electrons. The van der Waals surface area contributed by atoms with Gasteiger partial charge in [0.1, 0.15) is 0 Å². The third-order valence-corrected chi connectivity index (χ3v) is 4.40. The van der Waals surface area contributed by atoms with Gasteiger partial charge in [0, 0.05) is 17.0 Å². The molecule has 0 N–H and O–H groups in total. The van der Waals surface area contributed by atoms with E-state index in [2.05, 4.69) is 10.2 Å². The van der Waals surface area contributed by atoms with Crippen molar-refractivity contribution >= 4 is 28.2 Å². The number of ketones is 1. The molecule has 0 unspecified atom stereocenters. The summed E-state index contributed by atoms with van der Waals surface area (Å²) >= 11 is 5.73. The summed E-state index contributed by atoms with van der Waals surface area (Å²) in [4.78, 5) is 12.6. The molecule has 0 saturated carbocycles. The average Bonchev–Trinajstić information content (AvgIpc) is 3.18. The van der Waals surface area contributed by atoms with Crippen molar-refractivity contribution in [2.24, 2.45) is 0 Å². The fraction of sp³-hybridized carbons (Fsp3) is 0.0952. The summed E-state index contributed by atoms with van der Waals surface area (Å²) < 4.78 is 5.62. The first-order valence-corrected chi connectivity index (χ1v) is 8.80. The van der Waals surface area contributed by atoms with Crippen LogP contribution in [-0.2, 0) is 6.42 Å². The molecule has 4 nitrogen and oxygen atoms in total. The number of hydrogen-bond donors (Lipinski definition) is 0. The van der Waals surface area contributed by atoms with E-state index >= 15 is 0 Å². The maximum atomic E-state index is 12.6. The predicted molar refractivity (Wildman–Crippen MR) is 102 cm³/mol. The highest BCUT2D eigenvalue weighted by Gasteiger charge is 2.18. The largest absolute Gasteiger partial charge is 0.413 e. The molecule has 4 aromatic rings.